The van der Waals surface area contributed by atoms with Gasteiger partial charge in [0.25, 0.3) is 0 Å². The summed E-state index contributed by atoms with van der Waals surface area (Å²) in [5.74, 6) is 0.303. The summed E-state index contributed by atoms with van der Waals surface area (Å²) in [5, 5.41) is 3.69. The van der Waals surface area contributed by atoms with Crippen LogP contribution in [-0.2, 0) is 16.6 Å². The Kier molecular flexibility index (Phi) is 4.20. The van der Waals surface area contributed by atoms with Crippen LogP contribution in [0.3, 0.4) is 0 Å². The van der Waals surface area contributed by atoms with E-state index in [1.54, 1.807) is 13.8 Å². The summed E-state index contributed by atoms with van der Waals surface area (Å²) in [6, 6.07) is 4.10. The number of hydrogen-bond acceptors (Lipinski definition) is 4. The molecular weight excluding hydrogens is 288 g/mol. The van der Waals surface area contributed by atoms with Crippen LogP contribution >= 0.6 is 0 Å². The molecule has 0 aliphatic heterocycles. The first kappa shape index (κ1) is 15.7. The molecule has 1 N–H and O–H groups in total. The molecule has 0 atom stereocenters. The van der Waals surface area contributed by atoms with Gasteiger partial charge in [0.15, 0.2) is 5.76 Å². The van der Waals surface area contributed by atoms with Gasteiger partial charge in [-0.3, -0.25) is 0 Å². The minimum Gasteiger partial charge on any atom is -0.360 e. The fraction of sp³-hybridized carbons (Fsp3) is 0.400. The summed E-state index contributed by atoms with van der Waals surface area (Å²) in [4.78, 5) is 0.130. The molecule has 1 aromatic carbocycles. The molecule has 1 aromatic heterocycles. The minimum absolute atomic E-state index is 0.130. The lowest BCUT2D eigenvalue weighted by Crippen LogP contribution is -2.25. The normalized spacial score (nSPS) is 11.9. The predicted octanol–water partition coefficient (Wildman–Crippen LogP) is 2.70. The molecule has 0 bridgehead atoms. The van der Waals surface area contributed by atoms with Crippen LogP contribution in [0.2, 0.25) is 0 Å². The third kappa shape index (κ3) is 3.16. The zero-order valence-electron chi connectivity index (χ0n) is 12.9. The lowest BCUT2D eigenvalue weighted by Gasteiger charge is -2.12. The van der Waals surface area contributed by atoms with Gasteiger partial charge in [0.05, 0.1) is 0 Å². The van der Waals surface area contributed by atoms with E-state index < -0.39 is 10.0 Å². The fourth-order valence-corrected chi connectivity index (χ4v) is 3.91. The summed E-state index contributed by atoms with van der Waals surface area (Å²) in [6.07, 6.45) is 0. The van der Waals surface area contributed by atoms with E-state index in [2.05, 4.69) is 9.88 Å². The summed E-state index contributed by atoms with van der Waals surface area (Å²) in [6.45, 7) is 9.46. The van der Waals surface area contributed by atoms with Crippen molar-refractivity contribution in [2.24, 2.45) is 0 Å². The molecule has 0 amide bonds. The number of benzene rings is 1. The van der Waals surface area contributed by atoms with E-state index in [1.165, 1.54) is 5.56 Å². The number of aryl methyl sites for hydroxylation is 5. The molecular formula is C15H20N2O3S. The van der Waals surface area contributed by atoms with Gasteiger partial charge >= 0.3 is 0 Å². The Bertz CT molecular complexity index is 734. The standard InChI is InChI=1S/C15H20N2O3S/c1-9-6-10(2)14(11(3)7-9)8-16-21(18,19)15-12(4)17-20-13(15)5/h6-7,16H,8H2,1-5H3. The van der Waals surface area contributed by atoms with Crippen LogP contribution < -0.4 is 4.72 Å². The lowest BCUT2D eigenvalue weighted by atomic mass is 10.0. The molecule has 114 valence electrons. The van der Waals surface area contributed by atoms with Crippen molar-refractivity contribution in [1.82, 2.24) is 9.88 Å². The van der Waals surface area contributed by atoms with Crippen molar-refractivity contribution < 1.29 is 12.9 Å². The van der Waals surface area contributed by atoms with Crippen LogP contribution in [-0.4, -0.2) is 13.6 Å². The van der Waals surface area contributed by atoms with E-state index in [-0.39, 0.29) is 11.4 Å². The Hall–Kier alpha value is -1.66. The fourth-order valence-electron chi connectivity index (χ4n) is 2.59. The quantitative estimate of drug-likeness (QED) is 0.942. The van der Waals surface area contributed by atoms with Gasteiger partial charge in [-0.15, -0.1) is 0 Å². The summed E-state index contributed by atoms with van der Waals surface area (Å²) >= 11 is 0. The highest BCUT2D eigenvalue weighted by atomic mass is 32.2. The molecule has 2 rings (SSSR count). The molecule has 5 nitrogen and oxygen atoms in total. The number of aromatic nitrogens is 1. The van der Waals surface area contributed by atoms with Crippen LogP contribution in [0.4, 0.5) is 0 Å². The maximum atomic E-state index is 12.4. The topological polar surface area (TPSA) is 72.2 Å². The summed E-state index contributed by atoms with van der Waals surface area (Å²) in [5.41, 5.74) is 4.69. The van der Waals surface area contributed by atoms with Crippen LogP contribution in [0.25, 0.3) is 0 Å². The van der Waals surface area contributed by atoms with Gasteiger partial charge < -0.3 is 4.52 Å². The Morgan fingerprint density at radius 1 is 1.10 bits per heavy atom. The Morgan fingerprint density at radius 3 is 2.14 bits per heavy atom. The average molecular weight is 308 g/mol. The molecule has 0 aliphatic rings. The van der Waals surface area contributed by atoms with Crippen molar-refractivity contribution in [3.8, 4) is 0 Å². The van der Waals surface area contributed by atoms with Crippen molar-refractivity contribution in [2.75, 3.05) is 0 Å². The number of rotatable bonds is 4. The van der Waals surface area contributed by atoms with Gasteiger partial charge in [-0.1, -0.05) is 22.9 Å². The first-order valence-corrected chi connectivity index (χ1v) is 8.20. The van der Waals surface area contributed by atoms with Gasteiger partial charge in [0.2, 0.25) is 10.0 Å². The molecule has 6 heteroatoms. The molecule has 2 aromatic rings. The average Bonchev–Trinajstić information content (AvgIpc) is 2.68. The molecule has 1 heterocycles. The van der Waals surface area contributed by atoms with Crippen LogP contribution in [0.1, 0.15) is 33.7 Å². The molecule has 0 saturated heterocycles. The van der Waals surface area contributed by atoms with Crippen LogP contribution in [0.15, 0.2) is 21.6 Å². The highest BCUT2D eigenvalue weighted by molar-refractivity contribution is 7.89. The molecule has 0 spiro atoms. The van der Waals surface area contributed by atoms with Crippen LogP contribution in [0.5, 0.6) is 0 Å². The molecule has 0 radical (unpaired) electrons. The third-order valence-electron chi connectivity index (χ3n) is 3.52. The van der Waals surface area contributed by atoms with E-state index in [0.717, 1.165) is 16.7 Å². The molecule has 0 saturated carbocycles. The van der Waals surface area contributed by atoms with Gasteiger partial charge in [-0.25, -0.2) is 13.1 Å². The van der Waals surface area contributed by atoms with E-state index in [4.69, 9.17) is 4.52 Å². The molecule has 0 aliphatic carbocycles. The predicted molar refractivity (Wildman–Crippen MR) is 80.7 cm³/mol. The number of nitrogens with one attached hydrogen (secondary N) is 1. The SMILES string of the molecule is Cc1cc(C)c(CNS(=O)(=O)c2c(C)noc2C)c(C)c1. The van der Waals surface area contributed by atoms with Crippen molar-refractivity contribution >= 4 is 10.0 Å². The Balaban J connectivity index is 2.28. The zero-order valence-corrected chi connectivity index (χ0v) is 13.8. The monoisotopic (exact) mass is 308 g/mol. The Labute approximate surface area is 125 Å². The highest BCUT2D eigenvalue weighted by Crippen LogP contribution is 2.20. The van der Waals surface area contributed by atoms with Crippen LogP contribution in [0, 0.1) is 34.6 Å². The van der Waals surface area contributed by atoms with Gasteiger partial charge in [-0.2, -0.15) is 0 Å². The second kappa shape index (κ2) is 5.61. The maximum absolute atomic E-state index is 12.4. The van der Waals surface area contributed by atoms with Gasteiger partial charge in [-0.05, 0) is 51.3 Å². The summed E-state index contributed by atoms with van der Waals surface area (Å²) < 4.78 is 32.3. The van der Waals surface area contributed by atoms with E-state index in [9.17, 15) is 8.42 Å². The van der Waals surface area contributed by atoms with E-state index >= 15 is 0 Å². The maximum Gasteiger partial charge on any atom is 0.246 e. The van der Waals surface area contributed by atoms with Crippen molar-refractivity contribution in [3.63, 3.8) is 0 Å². The van der Waals surface area contributed by atoms with Gasteiger partial charge in [0, 0.05) is 6.54 Å². The second-order valence-corrected chi connectivity index (χ2v) is 7.06. The van der Waals surface area contributed by atoms with Crippen molar-refractivity contribution in [3.05, 3.63) is 45.8 Å². The smallest absolute Gasteiger partial charge is 0.246 e. The highest BCUT2D eigenvalue weighted by Gasteiger charge is 2.24. The number of sulfonamides is 1. The number of nitrogens with zero attached hydrogens (tertiary/aromatic N) is 1. The van der Waals surface area contributed by atoms with Crippen molar-refractivity contribution in [2.45, 2.75) is 46.1 Å². The van der Waals surface area contributed by atoms with Gasteiger partial charge in [0.1, 0.15) is 10.6 Å². The lowest BCUT2D eigenvalue weighted by molar-refractivity contribution is 0.390. The first-order chi connectivity index (χ1) is 9.72. The summed E-state index contributed by atoms with van der Waals surface area (Å²) in [7, 11) is -3.63. The van der Waals surface area contributed by atoms with E-state index in [0.29, 0.717) is 11.5 Å². The third-order valence-corrected chi connectivity index (χ3v) is 5.16. The largest absolute Gasteiger partial charge is 0.360 e. The van der Waals surface area contributed by atoms with Crippen molar-refractivity contribution in [1.29, 1.82) is 0 Å². The molecule has 0 fully saturated rings. The Morgan fingerprint density at radius 2 is 1.67 bits per heavy atom. The second-order valence-electron chi connectivity index (χ2n) is 5.36. The first-order valence-electron chi connectivity index (χ1n) is 6.71. The number of hydrogen-bond donors (Lipinski definition) is 1. The molecule has 21 heavy (non-hydrogen) atoms. The van der Waals surface area contributed by atoms with E-state index in [1.807, 2.05) is 32.9 Å². The zero-order chi connectivity index (χ0) is 15.8. The molecule has 0 unspecified atom stereocenters. The minimum atomic E-state index is -3.63.